The maximum atomic E-state index is 11.6. The monoisotopic (exact) mass is 343 g/mol. The second-order valence-corrected chi connectivity index (χ2v) is 6.04. The first-order valence-corrected chi connectivity index (χ1v) is 6.91. The van der Waals surface area contributed by atoms with Crippen LogP contribution in [-0.2, 0) is 9.59 Å². The second kappa shape index (κ2) is 6.74. The molecule has 0 saturated heterocycles. The van der Waals surface area contributed by atoms with Gasteiger partial charge in [0.2, 0.25) is 0 Å². The lowest BCUT2D eigenvalue weighted by atomic mass is 9.94. The number of carbonyl (C=O) groups excluding carboxylic acids is 1. The summed E-state index contributed by atoms with van der Waals surface area (Å²) in [5.41, 5.74) is 0.0805. The maximum Gasteiger partial charge on any atom is 0.310 e. The summed E-state index contributed by atoms with van der Waals surface area (Å²) < 4.78 is 6.15. The minimum absolute atomic E-state index is 0.0552. The molecule has 0 atom stereocenters. The van der Waals surface area contributed by atoms with Crippen molar-refractivity contribution in [3.05, 3.63) is 28.2 Å². The number of carboxylic acids is 1. The molecule has 1 aromatic rings. The first-order valence-electron chi connectivity index (χ1n) is 6.11. The van der Waals surface area contributed by atoms with Crippen LogP contribution in [0.25, 0.3) is 0 Å². The standard InChI is InChI=1S/C14H18BrNO4/c1-9-4-5-11(10(15)6-9)20-7-12(17)16-8-14(2,3)13(18)19/h4-6H,7-8H2,1-3H3,(H,16,17)(H,18,19). The van der Waals surface area contributed by atoms with Crippen molar-refractivity contribution in [3.8, 4) is 5.75 Å². The Morgan fingerprint density at radius 2 is 2.05 bits per heavy atom. The topological polar surface area (TPSA) is 75.6 Å². The highest BCUT2D eigenvalue weighted by atomic mass is 79.9. The van der Waals surface area contributed by atoms with Crippen molar-refractivity contribution >= 4 is 27.8 Å². The minimum atomic E-state index is -1.000. The predicted molar refractivity (Wildman–Crippen MR) is 78.8 cm³/mol. The zero-order valence-electron chi connectivity index (χ0n) is 11.7. The lowest BCUT2D eigenvalue weighted by molar-refractivity contribution is -0.146. The molecule has 0 aliphatic heterocycles. The van der Waals surface area contributed by atoms with Crippen LogP contribution >= 0.6 is 15.9 Å². The van der Waals surface area contributed by atoms with Gasteiger partial charge in [0.1, 0.15) is 5.75 Å². The van der Waals surface area contributed by atoms with Gasteiger partial charge >= 0.3 is 5.97 Å². The number of nitrogens with one attached hydrogen (secondary N) is 1. The number of benzene rings is 1. The molecule has 1 aromatic carbocycles. The van der Waals surface area contributed by atoms with Gasteiger partial charge in [0.05, 0.1) is 9.89 Å². The van der Waals surface area contributed by atoms with Crippen LogP contribution in [0.1, 0.15) is 19.4 Å². The summed E-state index contributed by atoms with van der Waals surface area (Å²) in [6, 6.07) is 5.54. The summed E-state index contributed by atoms with van der Waals surface area (Å²) in [7, 11) is 0. The molecule has 5 nitrogen and oxygen atoms in total. The van der Waals surface area contributed by atoms with Crippen LogP contribution in [0, 0.1) is 12.3 Å². The van der Waals surface area contributed by atoms with Crippen molar-refractivity contribution in [2.24, 2.45) is 5.41 Å². The van der Waals surface area contributed by atoms with Crippen LogP contribution in [0.5, 0.6) is 5.75 Å². The van der Waals surface area contributed by atoms with Crippen molar-refractivity contribution in [1.29, 1.82) is 0 Å². The van der Waals surface area contributed by atoms with Crippen molar-refractivity contribution in [2.75, 3.05) is 13.2 Å². The number of carbonyl (C=O) groups is 2. The molecule has 0 aliphatic carbocycles. The van der Waals surface area contributed by atoms with Crippen LogP contribution in [0.4, 0.5) is 0 Å². The molecule has 0 aromatic heterocycles. The highest BCUT2D eigenvalue weighted by Crippen LogP contribution is 2.25. The summed E-state index contributed by atoms with van der Waals surface area (Å²) in [6.07, 6.45) is 0. The quantitative estimate of drug-likeness (QED) is 0.831. The lowest BCUT2D eigenvalue weighted by Gasteiger charge is -2.19. The van der Waals surface area contributed by atoms with Gasteiger partial charge in [0, 0.05) is 6.54 Å². The van der Waals surface area contributed by atoms with E-state index in [2.05, 4.69) is 21.2 Å². The van der Waals surface area contributed by atoms with Gasteiger partial charge in [-0.1, -0.05) is 6.07 Å². The van der Waals surface area contributed by atoms with E-state index < -0.39 is 11.4 Å². The normalized spacial score (nSPS) is 11.0. The molecule has 0 bridgehead atoms. The Hall–Kier alpha value is -1.56. The fourth-order valence-corrected chi connectivity index (χ4v) is 1.92. The van der Waals surface area contributed by atoms with Gasteiger partial charge in [-0.05, 0) is 54.4 Å². The number of halogens is 1. The van der Waals surface area contributed by atoms with Crippen LogP contribution in [0.2, 0.25) is 0 Å². The number of hydrogen-bond acceptors (Lipinski definition) is 3. The number of ether oxygens (including phenoxy) is 1. The Balaban J connectivity index is 2.46. The lowest BCUT2D eigenvalue weighted by Crippen LogP contribution is -2.40. The van der Waals surface area contributed by atoms with E-state index in [4.69, 9.17) is 9.84 Å². The Labute approximate surface area is 126 Å². The molecular formula is C14H18BrNO4. The molecule has 1 rings (SSSR count). The molecule has 0 radical (unpaired) electrons. The van der Waals surface area contributed by atoms with Crippen molar-refractivity contribution < 1.29 is 19.4 Å². The van der Waals surface area contributed by atoms with E-state index in [9.17, 15) is 9.59 Å². The van der Waals surface area contributed by atoms with Gasteiger partial charge in [-0.15, -0.1) is 0 Å². The van der Waals surface area contributed by atoms with E-state index in [0.717, 1.165) is 10.0 Å². The third kappa shape index (κ3) is 4.85. The van der Waals surface area contributed by atoms with Gasteiger partial charge in [-0.25, -0.2) is 0 Å². The highest BCUT2D eigenvalue weighted by molar-refractivity contribution is 9.10. The van der Waals surface area contributed by atoms with E-state index >= 15 is 0 Å². The van der Waals surface area contributed by atoms with Crippen molar-refractivity contribution in [1.82, 2.24) is 5.32 Å². The molecule has 2 N–H and O–H groups in total. The maximum absolute atomic E-state index is 11.6. The number of amides is 1. The number of carboxylic acid groups (broad SMARTS) is 1. The summed E-state index contributed by atoms with van der Waals surface area (Å²) in [6.45, 7) is 4.95. The van der Waals surface area contributed by atoms with Gasteiger partial charge in [0.25, 0.3) is 5.91 Å². The Morgan fingerprint density at radius 3 is 2.60 bits per heavy atom. The summed E-state index contributed by atoms with van der Waals surface area (Å²) in [5.74, 6) is -0.741. The van der Waals surface area contributed by atoms with Gasteiger partial charge < -0.3 is 15.2 Å². The molecule has 0 saturated carbocycles. The predicted octanol–water partition coefficient (Wildman–Crippen LogP) is 2.36. The van der Waals surface area contributed by atoms with Crippen LogP contribution in [0.15, 0.2) is 22.7 Å². The molecule has 6 heteroatoms. The molecule has 0 spiro atoms. The third-order valence-electron chi connectivity index (χ3n) is 2.75. The zero-order valence-corrected chi connectivity index (χ0v) is 13.3. The largest absolute Gasteiger partial charge is 0.483 e. The smallest absolute Gasteiger partial charge is 0.310 e. The fourth-order valence-electron chi connectivity index (χ4n) is 1.31. The molecule has 1 amide bonds. The van der Waals surface area contributed by atoms with Crippen LogP contribution in [-0.4, -0.2) is 30.1 Å². The highest BCUT2D eigenvalue weighted by Gasteiger charge is 2.27. The fraction of sp³-hybridized carbons (Fsp3) is 0.429. The molecule has 0 unspecified atom stereocenters. The average Bonchev–Trinajstić information content (AvgIpc) is 2.35. The van der Waals surface area contributed by atoms with Crippen LogP contribution < -0.4 is 10.1 Å². The second-order valence-electron chi connectivity index (χ2n) is 5.19. The van der Waals surface area contributed by atoms with Crippen LogP contribution in [0.3, 0.4) is 0 Å². The van der Waals surface area contributed by atoms with E-state index in [0.29, 0.717) is 5.75 Å². The minimum Gasteiger partial charge on any atom is -0.483 e. The van der Waals surface area contributed by atoms with E-state index in [1.54, 1.807) is 19.9 Å². The molecule has 110 valence electrons. The number of aryl methyl sites for hydroxylation is 1. The Bertz CT molecular complexity index is 514. The van der Waals surface area contributed by atoms with E-state index in [1.807, 2.05) is 19.1 Å². The van der Waals surface area contributed by atoms with Gasteiger partial charge in [-0.3, -0.25) is 9.59 Å². The summed E-state index contributed by atoms with van der Waals surface area (Å²) in [5, 5.41) is 11.5. The first kappa shape index (κ1) is 16.5. The average molecular weight is 344 g/mol. The number of rotatable bonds is 6. The number of aliphatic carboxylic acids is 1. The molecule has 20 heavy (non-hydrogen) atoms. The molecule has 0 aliphatic rings. The Morgan fingerprint density at radius 1 is 1.40 bits per heavy atom. The molecule has 0 heterocycles. The first-order chi connectivity index (χ1) is 9.22. The Kier molecular flexibility index (Phi) is 5.56. The SMILES string of the molecule is Cc1ccc(OCC(=O)NCC(C)(C)C(=O)O)c(Br)c1. The zero-order chi connectivity index (χ0) is 15.3. The van der Waals surface area contributed by atoms with E-state index in [-0.39, 0.29) is 19.1 Å². The molecule has 0 fully saturated rings. The third-order valence-corrected chi connectivity index (χ3v) is 3.37. The van der Waals surface area contributed by atoms with Crippen molar-refractivity contribution in [2.45, 2.75) is 20.8 Å². The number of hydrogen-bond donors (Lipinski definition) is 2. The van der Waals surface area contributed by atoms with E-state index in [1.165, 1.54) is 0 Å². The van der Waals surface area contributed by atoms with Crippen molar-refractivity contribution in [3.63, 3.8) is 0 Å². The van der Waals surface area contributed by atoms with Gasteiger partial charge in [-0.2, -0.15) is 0 Å². The van der Waals surface area contributed by atoms with Gasteiger partial charge in [0.15, 0.2) is 6.61 Å². The summed E-state index contributed by atoms with van der Waals surface area (Å²) >= 11 is 3.35. The summed E-state index contributed by atoms with van der Waals surface area (Å²) in [4.78, 5) is 22.5. The molecular weight excluding hydrogens is 326 g/mol.